The van der Waals surface area contributed by atoms with E-state index in [4.69, 9.17) is 10.5 Å². The lowest BCUT2D eigenvalue weighted by Gasteiger charge is -2.20. The van der Waals surface area contributed by atoms with Crippen LogP contribution in [0, 0.1) is 5.82 Å². The summed E-state index contributed by atoms with van der Waals surface area (Å²) in [5.41, 5.74) is 10.3. The van der Waals surface area contributed by atoms with E-state index in [0.717, 1.165) is 17.0 Å². The van der Waals surface area contributed by atoms with Gasteiger partial charge in [-0.15, -0.1) is 0 Å². The summed E-state index contributed by atoms with van der Waals surface area (Å²) in [7, 11) is 0. The van der Waals surface area contributed by atoms with Crippen LogP contribution >= 0.6 is 0 Å². The Bertz CT molecular complexity index is 1580. The molecule has 4 aromatic rings. The van der Waals surface area contributed by atoms with E-state index in [0.29, 0.717) is 55.2 Å². The van der Waals surface area contributed by atoms with Crippen molar-refractivity contribution in [2.24, 2.45) is 5.73 Å². The molecule has 6 N–H and O–H groups in total. The maximum atomic E-state index is 14.2. The van der Waals surface area contributed by atoms with Crippen LogP contribution in [0.2, 0.25) is 0 Å². The Morgan fingerprint density at radius 1 is 0.878 bits per heavy atom. The van der Waals surface area contributed by atoms with E-state index in [1.807, 2.05) is 92.9 Å². The van der Waals surface area contributed by atoms with Gasteiger partial charge < -0.3 is 35.9 Å². The Morgan fingerprint density at radius 3 is 2.12 bits per heavy atom. The monoisotopic (exact) mass is 674 g/mol. The van der Waals surface area contributed by atoms with Gasteiger partial charge in [0, 0.05) is 36.6 Å². The van der Waals surface area contributed by atoms with Crippen molar-refractivity contribution in [3.8, 4) is 22.4 Å². The van der Waals surface area contributed by atoms with Gasteiger partial charge in [0.25, 0.3) is 5.91 Å². The Balaban J connectivity index is 0.00000319. The van der Waals surface area contributed by atoms with E-state index < -0.39 is 12.2 Å². The number of aliphatic hydroxyl groups is 2. The first-order valence-electron chi connectivity index (χ1n) is 17.0. The van der Waals surface area contributed by atoms with Gasteiger partial charge in [-0.25, -0.2) is 4.39 Å². The third-order valence-electron chi connectivity index (χ3n) is 7.77. The van der Waals surface area contributed by atoms with Crippen LogP contribution in [0.25, 0.3) is 22.4 Å². The summed E-state index contributed by atoms with van der Waals surface area (Å²) in [5.74, 6) is -1.11. The van der Waals surface area contributed by atoms with Crippen LogP contribution in [0.4, 0.5) is 10.1 Å². The van der Waals surface area contributed by atoms with Gasteiger partial charge >= 0.3 is 0 Å². The van der Waals surface area contributed by atoms with Crippen LogP contribution < -0.4 is 16.4 Å². The zero-order chi connectivity index (χ0) is 35.8. The molecule has 0 bridgehead atoms. The predicted octanol–water partition coefficient (Wildman–Crippen LogP) is 6.35. The Labute approximate surface area is 289 Å². The van der Waals surface area contributed by atoms with Crippen LogP contribution in [0.3, 0.4) is 0 Å². The summed E-state index contributed by atoms with van der Waals surface area (Å²) in [6.45, 7) is 9.74. The number of aromatic nitrogens is 1. The highest BCUT2D eigenvalue weighted by Crippen LogP contribution is 2.42. The summed E-state index contributed by atoms with van der Waals surface area (Å²) in [6.07, 6.45) is -1.91. The Morgan fingerprint density at radius 2 is 1.51 bits per heavy atom. The maximum Gasteiger partial charge on any atom is 0.258 e. The normalized spacial score (nSPS) is 12.2. The minimum absolute atomic E-state index is 0.00581. The third kappa shape index (κ3) is 11.4. The van der Waals surface area contributed by atoms with E-state index in [1.165, 1.54) is 12.1 Å². The molecule has 0 saturated carbocycles. The first kappa shape index (κ1) is 39.1. The molecule has 0 spiro atoms. The number of rotatable bonds is 17. The van der Waals surface area contributed by atoms with E-state index in [1.54, 1.807) is 12.1 Å². The molecular formula is C39H51FN4O5. The van der Waals surface area contributed by atoms with E-state index >= 15 is 0 Å². The Hall–Kier alpha value is -4.35. The lowest BCUT2D eigenvalue weighted by atomic mass is 9.94. The van der Waals surface area contributed by atoms with Gasteiger partial charge in [-0.2, -0.15) is 0 Å². The minimum atomic E-state index is -1.05. The van der Waals surface area contributed by atoms with Crippen molar-refractivity contribution in [2.75, 3.05) is 31.6 Å². The molecule has 4 rings (SSSR count). The molecule has 0 radical (unpaired) electrons. The second-order valence-electron chi connectivity index (χ2n) is 11.8. The number of para-hydroxylation sites is 1. The first-order chi connectivity index (χ1) is 23.7. The second-order valence-corrected chi connectivity index (χ2v) is 11.8. The molecule has 0 saturated heterocycles. The fourth-order valence-corrected chi connectivity index (χ4v) is 5.74. The van der Waals surface area contributed by atoms with Crippen LogP contribution in [-0.2, 0) is 16.1 Å². The number of nitrogens with zero attached hydrogens (tertiary/aromatic N) is 1. The number of hydrogen-bond donors (Lipinski definition) is 5. The van der Waals surface area contributed by atoms with Crippen LogP contribution in [0.1, 0.15) is 68.9 Å². The standard InChI is InChI=1S/C37H45FN4O5.C2H6/c1-25(2)35-34(37(46)41-29-11-7-4-8-12-29)33(26-9-5-3-6-10-26)36(27-13-15-28(38)16-14-27)42(35)20-17-30(43)23-31(44)24-32(45)40-19-22-47-21-18-39;1-2/h3-16,25,30-31,43-44H,17-24,39H2,1-2H3,(H,40,45)(H,41,46);1-2H3. The zero-order valence-electron chi connectivity index (χ0n) is 29.0. The molecule has 0 aliphatic rings. The number of carbonyl (C=O) groups excluding carboxylic acids is 2. The molecule has 9 nitrogen and oxygen atoms in total. The molecule has 1 aromatic heterocycles. The van der Waals surface area contributed by atoms with E-state index in [2.05, 4.69) is 10.6 Å². The minimum Gasteiger partial charge on any atom is -0.393 e. The van der Waals surface area contributed by atoms with Crippen molar-refractivity contribution >= 4 is 17.5 Å². The largest absolute Gasteiger partial charge is 0.393 e. The summed E-state index contributed by atoms with van der Waals surface area (Å²) in [4.78, 5) is 26.4. The lowest BCUT2D eigenvalue weighted by Crippen LogP contribution is -2.32. The van der Waals surface area contributed by atoms with Crippen molar-refractivity contribution in [3.05, 3.63) is 102 Å². The first-order valence-corrected chi connectivity index (χ1v) is 17.0. The highest BCUT2D eigenvalue weighted by molar-refractivity contribution is 6.12. The number of benzene rings is 3. The topological polar surface area (TPSA) is 139 Å². The molecule has 10 heteroatoms. The lowest BCUT2D eigenvalue weighted by molar-refractivity contribution is -0.123. The Kier molecular flexibility index (Phi) is 16.1. The highest BCUT2D eigenvalue weighted by atomic mass is 19.1. The van der Waals surface area contributed by atoms with Gasteiger partial charge in [0.15, 0.2) is 0 Å². The smallest absolute Gasteiger partial charge is 0.258 e. The van der Waals surface area contributed by atoms with Gasteiger partial charge in [-0.3, -0.25) is 9.59 Å². The average Bonchev–Trinajstić information content (AvgIpc) is 3.45. The van der Waals surface area contributed by atoms with Crippen molar-refractivity contribution in [2.45, 2.75) is 71.6 Å². The van der Waals surface area contributed by atoms with Gasteiger partial charge in [-0.05, 0) is 66.3 Å². The number of anilines is 1. The number of nitrogens with two attached hydrogens (primary N) is 1. The number of aliphatic hydroxyl groups excluding tert-OH is 2. The van der Waals surface area contributed by atoms with Crippen molar-refractivity contribution < 1.29 is 28.9 Å². The number of ether oxygens (including phenoxy) is 1. The molecule has 0 aliphatic heterocycles. The number of nitrogens with one attached hydrogen (secondary N) is 2. The molecule has 2 atom stereocenters. The van der Waals surface area contributed by atoms with Gasteiger partial charge in [0.1, 0.15) is 5.82 Å². The number of amides is 2. The predicted molar refractivity (Wildman–Crippen MR) is 194 cm³/mol. The average molecular weight is 675 g/mol. The van der Waals surface area contributed by atoms with Crippen LogP contribution in [0.5, 0.6) is 0 Å². The van der Waals surface area contributed by atoms with Gasteiger partial charge in [0.05, 0.1) is 43.1 Å². The molecule has 2 unspecified atom stereocenters. The number of hydrogen-bond acceptors (Lipinski definition) is 6. The maximum absolute atomic E-state index is 14.2. The van der Waals surface area contributed by atoms with Crippen molar-refractivity contribution in [1.29, 1.82) is 0 Å². The fraction of sp³-hybridized carbons (Fsp3) is 0.385. The van der Waals surface area contributed by atoms with Crippen molar-refractivity contribution in [1.82, 2.24) is 9.88 Å². The fourth-order valence-electron chi connectivity index (χ4n) is 5.74. The summed E-state index contributed by atoms with van der Waals surface area (Å²) >= 11 is 0. The van der Waals surface area contributed by atoms with Gasteiger partial charge in [0.2, 0.25) is 5.91 Å². The second kappa shape index (κ2) is 20.2. The van der Waals surface area contributed by atoms with Gasteiger partial charge in [-0.1, -0.05) is 76.2 Å². The van der Waals surface area contributed by atoms with E-state index in [9.17, 15) is 24.2 Å². The molecule has 2 amide bonds. The molecule has 1 heterocycles. The third-order valence-corrected chi connectivity index (χ3v) is 7.77. The summed E-state index contributed by atoms with van der Waals surface area (Å²) in [5, 5.41) is 27.3. The molecule has 264 valence electrons. The molecular weight excluding hydrogens is 623 g/mol. The van der Waals surface area contributed by atoms with Crippen molar-refractivity contribution in [3.63, 3.8) is 0 Å². The zero-order valence-corrected chi connectivity index (χ0v) is 29.0. The summed E-state index contributed by atoms with van der Waals surface area (Å²) < 4.78 is 21.4. The van der Waals surface area contributed by atoms with E-state index in [-0.39, 0.29) is 42.8 Å². The number of carbonyl (C=O) groups is 2. The quantitative estimate of drug-likeness (QED) is 0.0828. The molecule has 3 aromatic carbocycles. The van der Waals surface area contributed by atoms with Crippen LogP contribution in [-0.4, -0.2) is 65.1 Å². The summed E-state index contributed by atoms with van der Waals surface area (Å²) in [6, 6.07) is 25.0. The molecule has 0 fully saturated rings. The number of halogens is 1. The molecule has 49 heavy (non-hydrogen) atoms. The molecule has 0 aliphatic carbocycles. The van der Waals surface area contributed by atoms with Crippen LogP contribution in [0.15, 0.2) is 84.9 Å². The highest BCUT2D eigenvalue weighted by Gasteiger charge is 2.31. The SMILES string of the molecule is CC.CC(C)c1c(C(=O)Nc2ccccc2)c(-c2ccccc2)c(-c2ccc(F)cc2)n1CCC(O)CC(O)CC(=O)NCCOCCN.